The first kappa shape index (κ1) is 16.1. The van der Waals surface area contributed by atoms with Crippen LogP contribution in [0.2, 0.25) is 0 Å². The van der Waals surface area contributed by atoms with Gasteiger partial charge in [-0.05, 0) is 34.6 Å². The summed E-state index contributed by atoms with van der Waals surface area (Å²) in [6.07, 6.45) is 0. The third-order valence-corrected chi connectivity index (χ3v) is 4.92. The van der Waals surface area contributed by atoms with E-state index < -0.39 is 5.41 Å². The maximum absolute atomic E-state index is 11.4. The van der Waals surface area contributed by atoms with Gasteiger partial charge in [0, 0.05) is 10.5 Å². The van der Waals surface area contributed by atoms with Crippen LogP contribution in [0.4, 0.5) is 0 Å². The van der Waals surface area contributed by atoms with E-state index in [4.69, 9.17) is 9.84 Å². The summed E-state index contributed by atoms with van der Waals surface area (Å²) in [5.41, 5.74) is -0.428. The summed E-state index contributed by atoms with van der Waals surface area (Å²) >= 11 is 0. The zero-order valence-electron chi connectivity index (χ0n) is 10.7. The number of esters is 1. The summed E-state index contributed by atoms with van der Waals surface area (Å²) < 4.78 is 4.98. The zero-order valence-corrected chi connectivity index (χ0v) is 12.3. The van der Waals surface area contributed by atoms with E-state index in [0.717, 1.165) is 5.75 Å². The molecule has 0 saturated carbocycles. The number of aliphatic hydroxyl groups excluding tert-OH is 1. The third kappa shape index (κ3) is 7.41. The van der Waals surface area contributed by atoms with Gasteiger partial charge in [0.2, 0.25) is 0 Å². The Hall–Kier alpha value is 0.130. The molecule has 0 aromatic rings. The second-order valence-electron chi connectivity index (χ2n) is 5.21. The first-order valence-electron chi connectivity index (χ1n) is 5.28. The van der Waals surface area contributed by atoms with Crippen LogP contribution in [0.25, 0.3) is 0 Å². The number of rotatable bonds is 6. The minimum absolute atomic E-state index is 0.140. The fourth-order valence-electron chi connectivity index (χ4n) is 0.612. The second kappa shape index (κ2) is 6.77. The smallest absolute Gasteiger partial charge is 0.311 e. The standard InChI is InChI=1S/C11H22O3S2/c1-10(2,3)9(13)14-6-7-15-16-11(4,5)8-12/h12H,6-8H2,1-5H3. The van der Waals surface area contributed by atoms with Crippen molar-refractivity contribution >= 4 is 27.6 Å². The highest BCUT2D eigenvalue weighted by Crippen LogP contribution is 2.34. The van der Waals surface area contributed by atoms with Crippen LogP contribution in [-0.4, -0.2) is 34.8 Å². The normalized spacial score (nSPS) is 12.6. The fourth-order valence-corrected chi connectivity index (χ4v) is 2.79. The van der Waals surface area contributed by atoms with Crippen LogP contribution in [0.5, 0.6) is 0 Å². The number of hydrogen-bond donors (Lipinski definition) is 1. The molecule has 0 radical (unpaired) electrons. The van der Waals surface area contributed by atoms with Gasteiger partial charge in [-0.3, -0.25) is 4.79 Å². The molecule has 0 rings (SSSR count). The van der Waals surface area contributed by atoms with Crippen molar-refractivity contribution in [2.45, 2.75) is 39.4 Å². The van der Waals surface area contributed by atoms with Crippen molar-refractivity contribution in [3.05, 3.63) is 0 Å². The van der Waals surface area contributed by atoms with Gasteiger partial charge in [-0.1, -0.05) is 21.6 Å². The van der Waals surface area contributed by atoms with Crippen molar-refractivity contribution in [3.63, 3.8) is 0 Å². The quantitative estimate of drug-likeness (QED) is 0.455. The molecule has 96 valence electrons. The van der Waals surface area contributed by atoms with Gasteiger partial charge in [-0.15, -0.1) is 0 Å². The summed E-state index contributed by atoms with van der Waals surface area (Å²) in [5.74, 6) is 0.579. The maximum Gasteiger partial charge on any atom is 0.311 e. The van der Waals surface area contributed by atoms with Crippen molar-refractivity contribution in [1.82, 2.24) is 0 Å². The van der Waals surface area contributed by atoms with E-state index in [0.29, 0.717) is 6.61 Å². The van der Waals surface area contributed by atoms with Gasteiger partial charge in [-0.25, -0.2) is 0 Å². The third-order valence-electron chi connectivity index (χ3n) is 1.68. The molecule has 16 heavy (non-hydrogen) atoms. The van der Waals surface area contributed by atoms with Gasteiger partial charge in [0.1, 0.15) is 6.61 Å². The molecule has 0 bridgehead atoms. The van der Waals surface area contributed by atoms with E-state index in [-0.39, 0.29) is 17.3 Å². The number of hydrogen-bond acceptors (Lipinski definition) is 5. The van der Waals surface area contributed by atoms with Crippen LogP contribution in [-0.2, 0) is 9.53 Å². The van der Waals surface area contributed by atoms with Crippen LogP contribution in [0.15, 0.2) is 0 Å². The van der Waals surface area contributed by atoms with Crippen LogP contribution in [0.1, 0.15) is 34.6 Å². The summed E-state index contributed by atoms with van der Waals surface area (Å²) in [4.78, 5) is 11.4. The Bertz CT molecular complexity index is 222. The van der Waals surface area contributed by atoms with Gasteiger partial charge in [0.15, 0.2) is 0 Å². The molecule has 1 N–H and O–H groups in total. The molecule has 3 nitrogen and oxygen atoms in total. The Balaban J connectivity index is 3.59. The Labute approximate surface area is 106 Å². The molecule has 0 heterocycles. The van der Waals surface area contributed by atoms with Crippen LogP contribution in [0.3, 0.4) is 0 Å². The number of aliphatic hydroxyl groups is 1. The SMILES string of the molecule is CC(C)(CO)SSCCOC(=O)C(C)(C)C. The van der Waals surface area contributed by atoms with Crippen LogP contribution >= 0.6 is 21.6 Å². The van der Waals surface area contributed by atoms with Crippen molar-refractivity contribution in [2.24, 2.45) is 5.41 Å². The molecule has 0 aliphatic carbocycles. The predicted octanol–water partition coefficient (Wildman–Crippen LogP) is 2.73. The van der Waals surface area contributed by atoms with Gasteiger partial charge in [0.05, 0.1) is 12.0 Å². The molecule has 0 atom stereocenters. The minimum Gasteiger partial charge on any atom is -0.464 e. The summed E-state index contributed by atoms with van der Waals surface area (Å²) in [5, 5.41) is 9.03. The molecule has 0 aromatic carbocycles. The highest BCUT2D eigenvalue weighted by Gasteiger charge is 2.23. The Morgan fingerprint density at radius 2 is 1.81 bits per heavy atom. The van der Waals surface area contributed by atoms with Gasteiger partial charge >= 0.3 is 5.97 Å². The van der Waals surface area contributed by atoms with E-state index in [1.54, 1.807) is 21.6 Å². The molecular formula is C11H22O3S2. The van der Waals surface area contributed by atoms with Crippen LogP contribution < -0.4 is 0 Å². The van der Waals surface area contributed by atoms with E-state index in [2.05, 4.69) is 0 Å². The lowest BCUT2D eigenvalue weighted by atomic mass is 9.97. The van der Waals surface area contributed by atoms with E-state index in [1.807, 2.05) is 34.6 Å². The Morgan fingerprint density at radius 3 is 2.25 bits per heavy atom. The highest BCUT2D eigenvalue weighted by molar-refractivity contribution is 8.77. The van der Waals surface area contributed by atoms with Crippen molar-refractivity contribution in [3.8, 4) is 0 Å². The maximum atomic E-state index is 11.4. The Kier molecular flexibility index (Phi) is 6.82. The number of ether oxygens (including phenoxy) is 1. The molecule has 0 aliphatic rings. The van der Waals surface area contributed by atoms with E-state index in [1.165, 1.54) is 0 Å². The van der Waals surface area contributed by atoms with Crippen molar-refractivity contribution in [1.29, 1.82) is 0 Å². The minimum atomic E-state index is -0.428. The first-order chi connectivity index (χ1) is 7.19. The second-order valence-corrected chi connectivity index (χ2v) is 8.33. The molecule has 0 unspecified atom stereocenters. The van der Waals surface area contributed by atoms with Crippen molar-refractivity contribution < 1.29 is 14.6 Å². The van der Waals surface area contributed by atoms with Crippen LogP contribution in [0, 0.1) is 5.41 Å². The largest absolute Gasteiger partial charge is 0.464 e. The number of carbonyl (C=O) groups is 1. The zero-order chi connectivity index (χ0) is 12.8. The van der Waals surface area contributed by atoms with Gasteiger partial charge in [0.25, 0.3) is 0 Å². The summed E-state index contributed by atoms with van der Waals surface area (Å²) in [7, 11) is 3.23. The number of carbonyl (C=O) groups excluding carboxylic acids is 1. The van der Waals surface area contributed by atoms with Gasteiger partial charge < -0.3 is 9.84 Å². The predicted molar refractivity (Wildman–Crippen MR) is 71.6 cm³/mol. The molecule has 0 fully saturated rings. The van der Waals surface area contributed by atoms with E-state index in [9.17, 15) is 4.79 Å². The lowest BCUT2D eigenvalue weighted by Gasteiger charge is -2.20. The van der Waals surface area contributed by atoms with Crippen molar-refractivity contribution in [2.75, 3.05) is 19.0 Å². The fraction of sp³-hybridized carbons (Fsp3) is 0.909. The van der Waals surface area contributed by atoms with Gasteiger partial charge in [-0.2, -0.15) is 0 Å². The monoisotopic (exact) mass is 266 g/mol. The lowest BCUT2D eigenvalue weighted by Crippen LogP contribution is -2.24. The molecule has 0 aromatic heterocycles. The highest BCUT2D eigenvalue weighted by atomic mass is 33.1. The first-order valence-corrected chi connectivity index (χ1v) is 7.60. The Morgan fingerprint density at radius 1 is 1.25 bits per heavy atom. The lowest BCUT2D eigenvalue weighted by molar-refractivity contribution is -0.152. The molecule has 0 saturated heterocycles. The molecule has 5 heteroatoms. The summed E-state index contributed by atoms with van der Waals surface area (Å²) in [6, 6.07) is 0. The average Bonchev–Trinajstić information content (AvgIpc) is 2.15. The molecule has 0 amide bonds. The summed E-state index contributed by atoms with van der Waals surface area (Å²) in [6.45, 7) is 10.0. The topological polar surface area (TPSA) is 46.5 Å². The molecule has 0 spiro atoms. The molecular weight excluding hydrogens is 244 g/mol. The van der Waals surface area contributed by atoms with E-state index >= 15 is 0 Å². The molecule has 0 aliphatic heterocycles. The average molecular weight is 266 g/mol.